The largest absolute Gasteiger partial charge is 0.502 e. The Morgan fingerprint density at radius 3 is 2.74 bits per heavy atom. The molecule has 34 heavy (non-hydrogen) atoms. The molecule has 174 valence electrons. The lowest BCUT2D eigenvalue weighted by atomic mass is 9.93. The summed E-state index contributed by atoms with van der Waals surface area (Å²) in [5, 5.41) is 12.4. The minimum Gasteiger partial charge on any atom is -0.502 e. The van der Waals surface area contributed by atoms with Crippen LogP contribution in [0.15, 0.2) is 58.4 Å². The predicted octanol–water partition coefficient (Wildman–Crippen LogP) is 2.98. The number of pyridine rings is 1. The van der Waals surface area contributed by atoms with Crippen molar-refractivity contribution in [2.24, 2.45) is 0 Å². The number of rotatable bonds is 1. The summed E-state index contributed by atoms with van der Waals surface area (Å²) in [6.45, 7) is 0.737. The number of amides is 1. The summed E-state index contributed by atoms with van der Waals surface area (Å²) in [5.74, 6) is -2.74. The predicted molar refractivity (Wildman–Crippen MR) is 120 cm³/mol. The highest BCUT2D eigenvalue weighted by Crippen LogP contribution is 2.45. The first-order valence-electron chi connectivity index (χ1n) is 10.8. The molecule has 3 aromatic rings. The number of morpholine rings is 1. The van der Waals surface area contributed by atoms with E-state index in [1.807, 2.05) is 29.3 Å². The van der Waals surface area contributed by atoms with Crippen LogP contribution in [0.2, 0.25) is 0 Å². The third-order valence-electron chi connectivity index (χ3n) is 6.55. The topological polar surface area (TPSA) is 75.0 Å². The Bertz CT molecular complexity index is 1400. The Balaban J connectivity index is 1.67. The van der Waals surface area contributed by atoms with Crippen molar-refractivity contribution in [2.45, 2.75) is 22.9 Å². The molecule has 1 saturated heterocycles. The maximum atomic E-state index is 15.1. The monoisotopic (exact) mass is 483 g/mol. The average Bonchev–Trinajstić information content (AvgIpc) is 3.01. The van der Waals surface area contributed by atoms with Gasteiger partial charge in [0.15, 0.2) is 23.1 Å². The highest BCUT2D eigenvalue weighted by Gasteiger charge is 2.46. The van der Waals surface area contributed by atoms with E-state index in [-0.39, 0.29) is 30.2 Å². The summed E-state index contributed by atoms with van der Waals surface area (Å²) >= 11 is 1.41. The van der Waals surface area contributed by atoms with E-state index in [0.29, 0.717) is 12.2 Å². The molecule has 1 N–H and O–H groups in total. The number of nitrogens with zero attached hydrogens (tertiary/aromatic N) is 3. The molecule has 6 rings (SSSR count). The molecule has 1 amide bonds. The summed E-state index contributed by atoms with van der Waals surface area (Å²) in [5.41, 5.74) is 0.778. The quantitative estimate of drug-likeness (QED) is 0.574. The van der Waals surface area contributed by atoms with E-state index in [4.69, 9.17) is 4.74 Å². The number of aromatic nitrogens is 1. The Morgan fingerprint density at radius 2 is 1.88 bits per heavy atom. The van der Waals surface area contributed by atoms with Crippen LogP contribution in [0.4, 0.5) is 8.78 Å². The molecule has 4 heterocycles. The molecule has 0 aliphatic carbocycles. The van der Waals surface area contributed by atoms with Crippen LogP contribution in [0.5, 0.6) is 5.75 Å². The van der Waals surface area contributed by atoms with Crippen LogP contribution in [-0.2, 0) is 10.5 Å². The fourth-order valence-electron chi connectivity index (χ4n) is 4.98. The number of halogens is 2. The van der Waals surface area contributed by atoms with E-state index in [1.165, 1.54) is 28.7 Å². The van der Waals surface area contributed by atoms with E-state index < -0.39 is 40.9 Å². The summed E-state index contributed by atoms with van der Waals surface area (Å²) in [6, 6.07) is 10.8. The van der Waals surface area contributed by atoms with Gasteiger partial charge in [-0.3, -0.25) is 19.3 Å². The van der Waals surface area contributed by atoms with Crippen LogP contribution in [0.1, 0.15) is 33.2 Å². The summed E-state index contributed by atoms with van der Waals surface area (Å²) < 4.78 is 36.5. The fraction of sp³-hybridized carbons (Fsp3) is 0.250. The van der Waals surface area contributed by atoms with Gasteiger partial charge in [-0.25, -0.2) is 8.78 Å². The molecular weight excluding hydrogens is 464 g/mol. The van der Waals surface area contributed by atoms with Crippen LogP contribution in [0, 0.1) is 11.6 Å². The first-order valence-corrected chi connectivity index (χ1v) is 11.8. The summed E-state index contributed by atoms with van der Waals surface area (Å²) in [4.78, 5) is 28.0. The van der Waals surface area contributed by atoms with Gasteiger partial charge in [-0.2, -0.15) is 0 Å². The first kappa shape index (κ1) is 21.2. The van der Waals surface area contributed by atoms with Gasteiger partial charge in [-0.05, 0) is 23.3 Å². The molecule has 1 fully saturated rings. The van der Waals surface area contributed by atoms with Crippen molar-refractivity contribution in [1.29, 1.82) is 0 Å². The Hall–Kier alpha value is -3.37. The van der Waals surface area contributed by atoms with Crippen molar-refractivity contribution < 1.29 is 23.4 Å². The van der Waals surface area contributed by atoms with Crippen molar-refractivity contribution in [2.75, 3.05) is 24.8 Å². The van der Waals surface area contributed by atoms with Gasteiger partial charge in [0.25, 0.3) is 5.91 Å². The molecule has 0 spiro atoms. The Morgan fingerprint density at radius 1 is 1.06 bits per heavy atom. The third-order valence-corrected chi connectivity index (χ3v) is 7.67. The van der Waals surface area contributed by atoms with Gasteiger partial charge in [0.1, 0.15) is 6.17 Å². The smallest absolute Gasteiger partial charge is 0.278 e. The zero-order chi connectivity index (χ0) is 23.6. The summed E-state index contributed by atoms with van der Waals surface area (Å²) in [6.07, 6.45) is 0.833. The molecule has 1 unspecified atom stereocenters. The molecule has 2 aromatic carbocycles. The number of carbonyl (C=O) groups excluding carboxylic acids is 1. The lowest BCUT2D eigenvalue weighted by Gasteiger charge is -2.51. The van der Waals surface area contributed by atoms with E-state index in [2.05, 4.69) is 0 Å². The number of hydrogen-bond acceptors (Lipinski definition) is 6. The van der Waals surface area contributed by atoms with Gasteiger partial charge in [0.2, 0.25) is 5.43 Å². The highest BCUT2D eigenvalue weighted by molar-refractivity contribution is 7.98. The van der Waals surface area contributed by atoms with Crippen molar-refractivity contribution in [3.8, 4) is 5.75 Å². The molecule has 10 heteroatoms. The average molecular weight is 483 g/mol. The minimum atomic E-state index is -0.929. The number of fused-ring (bicyclic) bond motifs is 4. The van der Waals surface area contributed by atoms with Crippen LogP contribution in [0.25, 0.3) is 0 Å². The summed E-state index contributed by atoms with van der Waals surface area (Å²) in [7, 11) is 0. The molecule has 1 aromatic heterocycles. The third kappa shape index (κ3) is 2.98. The van der Waals surface area contributed by atoms with Gasteiger partial charge in [0.05, 0.1) is 19.3 Å². The van der Waals surface area contributed by atoms with Gasteiger partial charge < -0.3 is 14.7 Å². The molecule has 3 aliphatic heterocycles. The van der Waals surface area contributed by atoms with Crippen molar-refractivity contribution >= 4 is 17.7 Å². The van der Waals surface area contributed by atoms with Crippen LogP contribution in [0.3, 0.4) is 0 Å². The number of carbonyl (C=O) groups is 1. The molecule has 0 bridgehead atoms. The minimum absolute atomic E-state index is 0.163. The molecule has 2 atom stereocenters. The van der Waals surface area contributed by atoms with Gasteiger partial charge in [0, 0.05) is 35.0 Å². The standard InChI is InChI=1S/C24H19F2N3O4S/c25-16-6-5-13-15(20(16)26)12-34-18-4-2-1-3-14(18)21(13)29-19-11-33-10-9-27(19)24(32)22-23(31)17(30)7-8-28(22)29/h1-8,19,21,31H,9-12H2/t19?,21-/m1/s1. The maximum absolute atomic E-state index is 15.1. The second kappa shape index (κ2) is 7.85. The van der Waals surface area contributed by atoms with E-state index in [9.17, 15) is 19.1 Å². The number of ether oxygens (including phenoxy) is 1. The number of hydrogen-bond donors (Lipinski definition) is 1. The SMILES string of the molecule is O=C1c2c(O)c(=O)ccn2N([C@H]2c3ccccc3SCc3c2ccc(F)c3F)C2COCCN12. The number of thioether (sulfide) groups is 1. The molecule has 3 aliphatic rings. The van der Waals surface area contributed by atoms with Crippen LogP contribution in [-0.4, -0.2) is 46.5 Å². The van der Waals surface area contributed by atoms with Crippen LogP contribution >= 0.6 is 11.8 Å². The first-order chi connectivity index (χ1) is 16.5. The maximum Gasteiger partial charge on any atom is 0.278 e. The zero-order valence-electron chi connectivity index (χ0n) is 17.8. The van der Waals surface area contributed by atoms with E-state index >= 15 is 4.39 Å². The molecule has 7 nitrogen and oxygen atoms in total. The lowest BCUT2D eigenvalue weighted by Crippen LogP contribution is -2.66. The molecular formula is C24H19F2N3O4S. The van der Waals surface area contributed by atoms with Crippen molar-refractivity contribution in [3.05, 3.63) is 92.9 Å². The number of aromatic hydroxyl groups is 1. The van der Waals surface area contributed by atoms with Gasteiger partial charge >= 0.3 is 0 Å². The van der Waals surface area contributed by atoms with Gasteiger partial charge in [-0.1, -0.05) is 24.3 Å². The lowest BCUT2D eigenvalue weighted by molar-refractivity contribution is -0.0197. The second-order valence-corrected chi connectivity index (χ2v) is 9.33. The van der Waals surface area contributed by atoms with Crippen molar-refractivity contribution in [1.82, 2.24) is 9.58 Å². The molecule has 0 radical (unpaired) electrons. The van der Waals surface area contributed by atoms with Crippen molar-refractivity contribution in [3.63, 3.8) is 0 Å². The Labute approximate surface area is 197 Å². The van der Waals surface area contributed by atoms with Crippen LogP contribution < -0.4 is 10.4 Å². The zero-order valence-corrected chi connectivity index (χ0v) is 18.6. The van der Waals surface area contributed by atoms with Gasteiger partial charge in [-0.15, -0.1) is 11.8 Å². The highest BCUT2D eigenvalue weighted by atomic mass is 32.2. The normalized spacial score (nSPS) is 21.3. The Kier molecular flexibility index (Phi) is 4.89. The van der Waals surface area contributed by atoms with E-state index in [1.54, 1.807) is 11.0 Å². The fourth-order valence-corrected chi connectivity index (χ4v) is 6.10. The molecule has 0 saturated carbocycles. The second-order valence-electron chi connectivity index (χ2n) is 8.31. The van der Waals surface area contributed by atoms with E-state index in [0.717, 1.165) is 16.5 Å². The number of benzene rings is 2.